The second kappa shape index (κ2) is 4.00. The highest BCUT2D eigenvalue weighted by Gasteiger charge is 2.16. The van der Waals surface area contributed by atoms with Crippen LogP contribution in [0, 0.1) is 6.92 Å². The van der Waals surface area contributed by atoms with E-state index in [9.17, 15) is 4.79 Å². The zero-order chi connectivity index (χ0) is 11.8. The third-order valence-corrected chi connectivity index (χ3v) is 3.59. The highest BCUT2D eigenvalue weighted by molar-refractivity contribution is 5.79. The highest BCUT2D eigenvalue weighted by atomic mass is 16.1. The van der Waals surface area contributed by atoms with Crippen molar-refractivity contribution in [1.82, 2.24) is 10.3 Å². The SMILES string of the molecule is Cc1cc2cc(C3CCNC3)ccc2[nH]c1=O. The first-order valence-corrected chi connectivity index (χ1v) is 6.08. The number of hydrogen-bond acceptors (Lipinski definition) is 2. The van der Waals surface area contributed by atoms with E-state index in [0.29, 0.717) is 5.92 Å². The molecule has 2 N–H and O–H groups in total. The van der Waals surface area contributed by atoms with Gasteiger partial charge in [-0.05, 0) is 55.0 Å². The number of aromatic nitrogens is 1. The van der Waals surface area contributed by atoms with Gasteiger partial charge in [-0.2, -0.15) is 0 Å². The van der Waals surface area contributed by atoms with Gasteiger partial charge in [0.2, 0.25) is 0 Å². The lowest BCUT2D eigenvalue weighted by molar-refractivity contribution is 0.764. The van der Waals surface area contributed by atoms with Crippen LogP contribution < -0.4 is 10.9 Å². The van der Waals surface area contributed by atoms with Crippen LogP contribution in [0.25, 0.3) is 10.9 Å². The molecule has 3 heteroatoms. The number of nitrogens with one attached hydrogen (secondary N) is 2. The number of hydrogen-bond donors (Lipinski definition) is 2. The summed E-state index contributed by atoms with van der Waals surface area (Å²) in [5, 5.41) is 4.51. The second-order valence-electron chi connectivity index (χ2n) is 4.82. The fourth-order valence-electron chi connectivity index (χ4n) is 2.53. The number of aromatic amines is 1. The molecule has 2 heterocycles. The van der Waals surface area contributed by atoms with E-state index in [1.54, 1.807) is 0 Å². The minimum Gasteiger partial charge on any atom is -0.322 e. The summed E-state index contributed by atoms with van der Waals surface area (Å²) in [6.07, 6.45) is 1.20. The van der Waals surface area contributed by atoms with Crippen molar-refractivity contribution in [2.75, 3.05) is 13.1 Å². The fraction of sp³-hybridized carbons (Fsp3) is 0.357. The molecule has 1 aromatic heterocycles. The van der Waals surface area contributed by atoms with Crippen LogP contribution in [-0.4, -0.2) is 18.1 Å². The van der Waals surface area contributed by atoms with Crippen LogP contribution in [0.3, 0.4) is 0 Å². The summed E-state index contributed by atoms with van der Waals surface area (Å²) in [6.45, 7) is 4.02. The van der Waals surface area contributed by atoms with Crippen LogP contribution in [0.1, 0.15) is 23.5 Å². The zero-order valence-corrected chi connectivity index (χ0v) is 9.92. The topological polar surface area (TPSA) is 44.9 Å². The van der Waals surface area contributed by atoms with E-state index in [0.717, 1.165) is 29.6 Å². The molecule has 1 saturated heterocycles. The lowest BCUT2D eigenvalue weighted by atomic mass is 9.96. The Morgan fingerprint density at radius 2 is 2.18 bits per heavy atom. The average molecular weight is 228 g/mol. The van der Waals surface area contributed by atoms with Crippen LogP contribution in [0.5, 0.6) is 0 Å². The summed E-state index contributed by atoms with van der Waals surface area (Å²) >= 11 is 0. The molecule has 1 fully saturated rings. The van der Waals surface area contributed by atoms with Crippen LogP contribution in [-0.2, 0) is 0 Å². The van der Waals surface area contributed by atoms with E-state index in [1.165, 1.54) is 12.0 Å². The highest BCUT2D eigenvalue weighted by Crippen LogP contribution is 2.25. The molecular weight excluding hydrogens is 212 g/mol. The molecule has 17 heavy (non-hydrogen) atoms. The van der Waals surface area contributed by atoms with Crippen molar-refractivity contribution in [3.05, 3.63) is 45.7 Å². The molecule has 1 aliphatic heterocycles. The van der Waals surface area contributed by atoms with Crippen molar-refractivity contribution in [2.24, 2.45) is 0 Å². The lowest BCUT2D eigenvalue weighted by Gasteiger charge is -2.10. The van der Waals surface area contributed by atoms with Crippen molar-refractivity contribution in [2.45, 2.75) is 19.3 Å². The molecule has 0 bridgehead atoms. The Balaban J connectivity index is 2.11. The number of rotatable bonds is 1. The van der Waals surface area contributed by atoms with Crippen LogP contribution >= 0.6 is 0 Å². The first-order chi connectivity index (χ1) is 8.24. The van der Waals surface area contributed by atoms with Crippen molar-refractivity contribution < 1.29 is 0 Å². The van der Waals surface area contributed by atoms with Crippen molar-refractivity contribution in [3.8, 4) is 0 Å². The largest absolute Gasteiger partial charge is 0.322 e. The number of aryl methyl sites for hydroxylation is 1. The molecule has 0 radical (unpaired) electrons. The lowest BCUT2D eigenvalue weighted by Crippen LogP contribution is -2.09. The van der Waals surface area contributed by atoms with Gasteiger partial charge in [-0.25, -0.2) is 0 Å². The Hall–Kier alpha value is -1.61. The molecular formula is C14H16N2O. The van der Waals surface area contributed by atoms with Gasteiger partial charge in [0, 0.05) is 17.6 Å². The van der Waals surface area contributed by atoms with E-state index >= 15 is 0 Å². The van der Waals surface area contributed by atoms with Gasteiger partial charge in [0.25, 0.3) is 5.56 Å². The maximum absolute atomic E-state index is 11.5. The Morgan fingerprint density at radius 3 is 2.94 bits per heavy atom. The summed E-state index contributed by atoms with van der Waals surface area (Å²) in [5.41, 5.74) is 3.08. The minimum atomic E-state index is 0.00721. The van der Waals surface area contributed by atoms with Gasteiger partial charge in [0.05, 0.1) is 0 Å². The van der Waals surface area contributed by atoms with Crippen molar-refractivity contribution >= 4 is 10.9 Å². The number of H-pyrrole nitrogens is 1. The van der Waals surface area contributed by atoms with Gasteiger partial charge < -0.3 is 10.3 Å². The van der Waals surface area contributed by atoms with E-state index in [1.807, 2.05) is 19.1 Å². The zero-order valence-electron chi connectivity index (χ0n) is 9.92. The monoisotopic (exact) mass is 228 g/mol. The summed E-state index contributed by atoms with van der Waals surface area (Å²) in [4.78, 5) is 14.4. The van der Waals surface area contributed by atoms with Crippen LogP contribution in [0.2, 0.25) is 0 Å². The average Bonchev–Trinajstić information content (AvgIpc) is 2.83. The Kier molecular flexibility index (Phi) is 2.48. The standard InChI is InChI=1S/C14H16N2O/c1-9-6-12-7-10(11-4-5-15-8-11)2-3-13(12)16-14(9)17/h2-3,6-7,11,15H,4-5,8H2,1H3,(H,16,17). The molecule has 3 nitrogen and oxygen atoms in total. The summed E-state index contributed by atoms with van der Waals surface area (Å²) in [6, 6.07) is 8.32. The molecule has 2 aromatic rings. The predicted octanol–water partition coefficient (Wildman–Crippen LogP) is 1.91. The van der Waals surface area contributed by atoms with Gasteiger partial charge >= 0.3 is 0 Å². The minimum absolute atomic E-state index is 0.00721. The Bertz CT molecular complexity index is 609. The van der Waals surface area contributed by atoms with Gasteiger partial charge in [-0.3, -0.25) is 4.79 Å². The molecule has 1 unspecified atom stereocenters. The molecule has 1 aliphatic rings. The van der Waals surface area contributed by atoms with E-state index in [2.05, 4.69) is 22.4 Å². The quantitative estimate of drug-likeness (QED) is 0.783. The van der Waals surface area contributed by atoms with E-state index in [4.69, 9.17) is 0 Å². The molecule has 0 spiro atoms. The molecule has 3 rings (SSSR count). The third-order valence-electron chi connectivity index (χ3n) is 3.59. The molecule has 0 amide bonds. The Labute approximate surface area is 99.9 Å². The van der Waals surface area contributed by atoms with Gasteiger partial charge in [0.1, 0.15) is 0 Å². The molecule has 1 atom stereocenters. The predicted molar refractivity (Wildman–Crippen MR) is 69.5 cm³/mol. The van der Waals surface area contributed by atoms with Crippen molar-refractivity contribution in [3.63, 3.8) is 0 Å². The van der Waals surface area contributed by atoms with E-state index < -0.39 is 0 Å². The second-order valence-corrected chi connectivity index (χ2v) is 4.82. The van der Waals surface area contributed by atoms with Gasteiger partial charge in [0.15, 0.2) is 0 Å². The summed E-state index contributed by atoms with van der Waals surface area (Å²) in [7, 11) is 0. The van der Waals surface area contributed by atoms with Gasteiger partial charge in [-0.1, -0.05) is 6.07 Å². The summed E-state index contributed by atoms with van der Waals surface area (Å²) < 4.78 is 0. The number of fused-ring (bicyclic) bond motifs is 1. The van der Waals surface area contributed by atoms with Crippen LogP contribution in [0.4, 0.5) is 0 Å². The number of benzene rings is 1. The molecule has 88 valence electrons. The first kappa shape index (κ1) is 10.5. The number of pyridine rings is 1. The van der Waals surface area contributed by atoms with Gasteiger partial charge in [-0.15, -0.1) is 0 Å². The smallest absolute Gasteiger partial charge is 0.251 e. The molecule has 1 aromatic carbocycles. The van der Waals surface area contributed by atoms with E-state index in [-0.39, 0.29) is 5.56 Å². The summed E-state index contributed by atoms with van der Waals surface area (Å²) in [5.74, 6) is 0.617. The van der Waals surface area contributed by atoms with Crippen LogP contribution in [0.15, 0.2) is 29.1 Å². The first-order valence-electron chi connectivity index (χ1n) is 6.08. The maximum atomic E-state index is 11.5. The maximum Gasteiger partial charge on any atom is 0.251 e. The molecule has 0 aliphatic carbocycles. The third kappa shape index (κ3) is 1.87. The molecule has 0 saturated carbocycles. The normalized spacial score (nSPS) is 19.9. The fourth-order valence-corrected chi connectivity index (χ4v) is 2.53. The van der Waals surface area contributed by atoms with Crippen molar-refractivity contribution in [1.29, 1.82) is 0 Å². The Morgan fingerprint density at radius 1 is 1.29 bits per heavy atom.